The first kappa shape index (κ1) is 13.6. The molecular weight excluding hydrogens is 270 g/mol. The molecule has 7 heteroatoms. The van der Waals surface area contributed by atoms with Crippen LogP contribution in [-0.4, -0.2) is 40.5 Å². The minimum Gasteiger partial charge on any atom is -0.398 e. The summed E-state index contributed by atoms with van der Waals surface area (Å²) >= 11 is 5.98. The second-order valence-corrected chi connectivity index (χ2v) is 4.85. The average molecular weight is 284 g/mol. The number of hydrogen-bond donors (Lipinski definition) is 3. The van der Waals surface area contributed by atoms with Crippen LogP contribution in [-0.2, 0) is 4.79 Å². The number of carbonyl (C=O) groups excluding carboxylic acids is 2. The summed E-state index contributed by atoms with van der Waals surface area (Å²) in [6, 6.07) is 3.87. The van der Waals surface area contributed by atoms with Crippen LogP contribution in [0.5, 0.6) is 0 Å². The Labute approximate surface area is 114 Å². The number of aliphatic hydroxyl groups is 1. The summed E-state index contributed by atoms with van der Waals surface area (Å²) in [5.41, 5.74) is 11.3. The molecule has 0 aliphatic carbocycles. The van der Waals surface area contributed by atoms with Gasteiger partial charge in [-0.15, -0.1) is 0 Å². The van der Waals surface area contributed by atoms with Gasteiger partial charge in [-0.3, -0.25) is 9.59 Å². The third-order valence-corrected chi connectivity index (χ3v) is 3.55. The van der Waals surface area contributed by atoms with Crippen molar-refractivity contribution >= 4 is 29.1 Å². The maximum Gasteiger partial charge on any atom is 0.256 e. The molecule has 1 saturated heterocycles. The Hall–Kier alpha value is -1.79. The molecule has 1 aliphatic heterocycles. The van der Waals surface area contributed by atoms with E-state index in [0.717, 1.165) is 0 Å². The zero-order valence-corrected chi connectivity index (χ0v) is 10.8. The Morgan fingerprint density at radius 1 is 1.42 bits per heavy atom. The fourth-order valence-corrected chi connectivity index (χ4v) is 2.38. The fraction of sp³-hybridized carbons (Fsp3) is 0.333. The first-order valence-electron chi connectivity index (χ1n) is 5.74. The number of carbonyl (C=O) groups is 2. The Kier molecular flexibility index (Phi) is 3.64. The predicted molar refractivity (Wildman–Crippen MR) is 70.5 cm³/mol. The molecule has 5 N–H and O–H groups in total. The minimum absolute atomic E-state index is 0.0531. The van der Waals surface area contributed by atoms with Crippen molar-refractivity contribution in [3.05, 3.63) is 28.8 Å². The number of primary amides is 1. The van der Waals surface area contributed by atoms with E-state index in [1.165, 1.54) is 11.0 Å². The standard InChI is InChI=1S/C12H14ClN3O3/c13-10-7(2-1-3-8(10)14)12(19)16-5-6(17)4-9(16)11(15)18/h1-3,6,9,17H,4-5,14H2,(H2,15,18). The molecule has 0 radical (unpaired) electrons. The Morgan fingerprint density at radius 2 is 2.11 bits per heavy atom. The molecular formula is C12H14ClN3O3. The topological polar surface area (TPSA) is 110 Å². The number of anilines is 1. The zero-order chi connectivity index (χ0) is 14.2. The zero-order valence-electron chi connectivity index (χ0n) is 10.0. The van der Waals surface area contributed by atoms with Crippen molar-refractivity contribution in [2.45, 2.75) is 18.6 Å². The molecule has 2 amide bonds. The predicted octanol–water partition coefficient (Wildman–Crippen LogP) is -0.0171. The lowest BCUT2D eigenvalue weighted by Crippen LogP contribution is -2.43. The number of amides is 2. The molecule has 2 unspecified atom stereocenters. The minimum atomic E-state index is -0.819. The number of nitrogens with zero attached hydrogens (tertiary/aromatic N) is 1. The van der Waals surface area contributed by atoms with Crippen LogP contribution in [0.25, 0.3) is 0 Å². The van der Waals surface area contributed by atoms with E-state index >= 15 is 0 Å². The molecule has 1 fully saturated rings. The summed E-state index contributed by atoms with van der Waals surface area (Å²) in [7, 11) is 0. The average Bonchev–Trinajstić information content (AvgIpc) is 2.74. The van der Waals surface area contributed by atoms with Crippen LogP contribution >= 0.6 is 11.6 Å². The van der Waals surface area contributed by atoms with Gasteiger partial charge < -0.3 is 21.5 Å². The lowest BCUT2D eigenvalue weighted by molar-refractivity contribution is -0.121. The molecule has 2 atom stereocenters. The third kappa shape index (κ3) is 2.50. The number of rotatable bonds is 2. The van der Waals surface area contributed by atoms with Gasteiger partial charge in [0.2, 0.25) is 5.91 Å². The van der Waals surface area contributed by atoms with Gasteiger partial charge in [-0.25, -0.2) is 0 Å². The van der Waals surface area contributed by atoms with Gasteiger partial charge in [0.15, 0.2) is 0 Å². The SMILES string of the molecule is NC(=O)C1CC(O)CN1C(=O)c1cccc(N)c1Cl. The highest BCUT2D eigenvalue weighted by Crippen LogP contribution is 2.27. The van der Waals surface area contributed by atoms with Gasteiger partial charge in [0.1, 0.15) is 6.04 Å². The monoisotopic (exact) mass is 283 g/mol. The molecule has 0 spiro atoms. The van der Waals surface area contributed by atoms with Crippen molar-refractivity contribution in [3.63, 3.8) is 0 Å². The summed E-state index contributed by atoms with van der Waals surface area (Å²) in [5.74, 6) is -1.11. The highest BCUT2D eigenvalue weighted by atomic mass is 35.5. The summed E-state index contributed by atoms with van der Waals surface area (Å²) in [5, 5.41) is 9.72. The Morgan fingerprint density at radius 3 is 2.74 bits per heavy atom. The van der Waals surface area contributed by atoms with Crippen molar-refractivity contribution in [2.24, 2.45) is 5.73 Å². The van der Waals surface area contributed by atoms with Crippen LogP contribution in [0.15, 0.2) is 18.2 Å². The highest BCUT2D eigenvalue weighted by molar-refractivity contribution is 6.36. The van der Waals surface area contributed by atoms with Gasteiger partial charge in [-0.1, -0.05) is 17.7 Å². The van der Waals surface area contributed by atoms with Crippen molar-refractivity contribution in [3.8, 4) is 0 Å². The number of aliphatic hydroxyl groups excluding tert-OH is 1. The van der Waals surface area contributed by atoms with E-state index in [-0.39, 0.29) is 29.2 Å². The van der Waals surface area contributed by atoms with E-state index in [2.05, 4.69) is 0 Å². The van der Waals surface area contributed by atoms with E-state index in [1.54, 1.807) is 12.1 Å². The maximum atomic E-state index is 12.3. The number of likely N-dealkylation sites (tertiary alicyclic amines) is 1. The molecule has 1 heterocycles. The van der Waals surface area contributed by atoms with Crippen LogP contribution in [0.1, 0.15) is 16.8 Å². The van der Waals surface area contributed by atoms with E-state index in [1.807, 2.05) is 0 Å². The number of nitrogens with two attached hydrogens (primary N) is 2. The van der Waals surface area contributed by atoms with E-state index < -0.39 is 24.0 Å². The molecule has 0 aromatic heterocycles. The van der Waals surface area contributed by atoms with Crippen LogP contribution in [0.3, 0.4) is 0 Å². The van der Waals surface area contributed by atoms with Crippen molar-refractivity contribution < 1.29 is 14.7 Å². The lowest BCUT2D eigenvalue weighted by Gasteiger charge is -2.22. The van der Waals surface area contributed by atoms with Crippen molar-refractivity contribution in [1.82, 2.24) is 4.90 Å². The maximum absolute atomic E-state index is 12.3. The molecule has 1 aromatic carbocycles. The van der Waals surface area contributed by atoms with Crippen LogP contribution < -0.4 is 11.5 Å². The summed E-state index contributed by atoms with van der Waals surface area (Å²) in [4.78, 5) is 24.9. The number of benzene rings is 1. The van der Waals surface area contributed by atoms with Gasteiger partial charge >= 0.3 is 0 Å². The molecule has 2 rings (SSSR count). The number of β-amino-alcohol motifs (C(OH)–C–C–N with tert-alkyl or cyclic N) is 1. The quantitative estimate of drug-likeness (QED) is 0.663. The molecule has 1 aliphatic rings. The molecule has 6 nitrogen and oxygen atoms in total. The largest absolute Gasteiger partial charge is 0.398 e. The molecule has 0 bridgehead atoms. The normalized spacial score (nSPS) is 22.5. The van der Waals surface area contributed by atoms with Gasteiger partial charge in [0, 0.05) is 13.0 Å². The Bertz CT molecular complexity index is 535. The number of hydrogen-bond acceptors (Lipinski definition) is 4. The molecule has 102 valence electrons. The van der Waals surface area contributed by atoms with E-state index in [9.17, 15) is 14.7 Å². The fourth-order valence-electron chi connectivity index (χ4n) is 2.18. The second-order valence-electron chi connectivity index (χ2n) is 4.47. The van der Waals surface area contributed by atoms with Gasteiger partial charge in [0.25, 0.3) is 5.91 Å². The molecule has 0 saturated carbocycles. The second kappa shape index (κ2) is 5.07. The van der Waals surface area contributed by atoms with Crippen LogP contribution in [0.4, 0.5) is 5.69 Å². The molecule has 19 heavy (non-hydrogen) atoms. The first-order valence-corrected chi connectivity index (χ1v) is 6.12. The van der Waals surface area contributed by atoms with Crippen molar-refractivity contribution in [1.29, 1.82) is 0 Å². The first-order chi connectivity index (χ1) is 8.91. The van der Waals surface area contributed by atoms with E-state index in [4.69, 9.17) is 23.1 Å². The summed E-state index contributed by atoms with van der Waals surface area (Å²) in [6.45, 7) is 0.0531. The van der Waals surface area contributed by atoms with Gasteiger partial charge in [-0.05, 0) is 12.1 Å². The number of nitrogen functional groups attached to an aromatic ring is 1. The van der Waals surface area contributed by atoms with Crippen LogP contribution in [0, 0.1) is 0 Å². The summed E-state index contributed by atoms with van der Waals surface area (Å²) in [6.07, 6.45) is -0.623. The smallest absolute Gasteiger partial charge is 0.256 e. The highest BCUT2D eigenvalue weighted by Gasteiger charge is 2.38. The van der Waals surface area contributed by atoms with Crippen LogP contribution in [0.2, 0.25) is 5.02 Å². The Balaban J connectivity index is 2.33. The molecule has 1 aromatic rings. The van der Waals surface area contributed by atoms with Crippen molar-refractivity contribution in [2.75, 3.05) is 12.3 Å². The third-order valence-electron chi connectivity index (χ3n) is 3.13. The van der Waals surface area contributed by atoms with Gasteiger partial charge in [0.05, 0.1) is 22.4 Å². The van der Waals surface area contributed by atoms with Gasteiger partial charge in [-0.2, -0.15) is 0 Å². The number of halogens is 1. The lowest BCUT2D eigenvalue weighted by atomic mass is 10.1. The summed E-state index contributed by atoms with van der Waals surface area (Å²) < 4.78 is 0. The van der Waals surface area contributed by atoms with E-state index in [0.29, 0.717) is 0 Å².